The average molecular weight is 343 g/mol. The molecule has 0 unspecified atom stereocenters. The molecule has 0 heteroatoms. The third-order valence-corrected chi connectivity index (χ3v) is 5.18. The van der Waals surface area contributed by atoms with E-state index in [1.165, 1.54) is 44.5 Å². The van der Waals surface area contributed by atoms with Crippen LogP contribution >= 0.6 is 0 Å². The van der Waals surface area contributed by atoms with Crippen LogP contribution in [0.3, 0.4) is 0 Å². The number of allylic oxidation sites excluding steroid dienone is 2. The molecular formula is C27H19+. The van der Waals surface area contributed by atoms with E-state index in [-0.39, 0.29) is 0 Å². The highest BCUT2D eigenvalue weighted by Gasteiger charge is 2.25. The molecule has 27 heavy (non-hydrogen) atoms. The second kappa shape index (κ2) is 6.66. The van der Waals surface area contributed by atoms with Gasteiger partial charge in [-0.1, -0.05) is 54.6 Å². The molecule has 5 rings (SSSR count). The van der Waals surface area contributed by atoms with E-state index in [2.05, 4.69) is 115 Å². The Morgan fingerprint density at radius 1 is 0.593 bits per heavy atom. The van der Waals surface area contributed by atoms with Crippen LogP contribution in [-0.2, 0) is 0 Å². The van der Waals surface area contributed by atoms with E-state index < -0.39 is 0 Å². The summed E-state index contributed by atoms with van der Waals surface area (Å²) in [5.74, 6) is 0. The first-order valence-corrected chi connectivity index (χ1v) is 9.30. The van der Waals surface area contributed by atoms with Crippen LogP contribution in [0.15, 0.2) is 109 Å². The summed E-state index contributed by atoms with van der Waals surface area (Å²) in [7, 11) is 0. The first-order valence-electron chi connectivity index (χ1n) is 9.30. The minimum absolute atomic E-state index is 1.25. The van der Waals surface area contributed by atoms with Crippen molar-refractivity contribution in [3.63, 3.8) is 0 Å². The zero-order valence-corrected chi connectivity index (χ0v) is 15.0. The van der Waals surface area contributed by atoms with Crippen LogP contribution < -0.4 is 0 Å². The number of hydrogen-bond acceptors (Lipinski definition) is 0. The maximum Gasteiger partial charge on any atom is 0.0795 e. The van der Waals surface area contributed by atoms with Crippen LogP contribution in [0.5, 0.6) is 0 Å². The summed E-state index contributed by atoms with van der Waals surface area (Å²) in [4.78, 5) is 0. The lowest BCUT2D eigenvalue weighted by atomic mass is 9.89. The van der Waals surface area contributed by atoms with Crippen molar-refractivity contribution in [1.82, 2.24) is 0 Å². The molecule has 0 aliphatic heterocycles. The van der Waals surface area contributed by atoms with Gasteiger partial charge < -0.3 is 0 Å². The van der Waals surface area contributed by atoms with Crippen LogP contribution in [0.25, 0.3) is 28.3 Å². The Kier molecular flexibility index (Phi) is 3.88. The lowest BCUT2D eigenvalue weighted by Gasteiger charge is -2.09. The summed E-state index contributed by atoms with van der Waals surface area (Å²) >= 11 is 0. The third kappa shape index (κ3) is 2.76. The molecule has 2 aromatic rings. The Bertz CT molecular complexity index is 1150. The summed E-state index contributed by atoms with van der Waals surface area (Å²) in [6.07, 6.45) is 4.48. The highest BCUT2D eigenvalue weighted by atomic mass is 14.2. The maximum absolute atomic E-state index is 2.26. The maximum atomic E-state index is 2.26. The summed E-state index contributed by atoms with van der Waals surface area (Å²) in [6, 6.07) is 36.6. The molecule has 0 N–H and O–H groups in total. The molecule has 0 aromatic heterocycles. The highest BCUT2D eigenvalue weighted by Crippen LogP contribution is 2.42. The molecule has 3 aliphatic rings. The molecule has 126 valence electrons. The molecule has 0 nitrogen and oxygen atoms in total. The van der Waals surface area contributed by atoms with Crippen LogP contribution in [0, 0.1) is 0 Å². The van der Waals surface area contributed by atoms with Crippen molar-refractivity contribution < 1.29 is 0 Å². The molecule has 2 aromatic carbocycles. The largest absolute Gasteiger partial charge is 0.0795 e. The molecule has 0 bridgehead atoms. The van der Waals surface area contributed by atoms with Gasteiger partial charge in [-0.15, -0.1) is 0 Å². The SMILES string of the molecule is C1=Cc2ccccc[c+]2/C1=C(\c1ccccc1)c1ccc2cccccc1-2. The molecular weight excluding hydrogens is 324 g/mol. The van der Waals surface area contributed by atoms with Crippen LogP contribution in [-0.4, -0.2) is 0 Å². The molecule has 0 saturated carbocycles. The van der Waals surface area contributed by atoms with Gasteiger partial charge >= 0.3 is 0 Å². The minimum Gasteiger partial charge on any atom is -0.0622 e. The van der Waals surface area contributed by atoms with Crippen molar-refractivity contribution in [2.24, 2.45) is 0 Å². The second-order valence-corrected chi connectivity index (χ2v) is 6.79. The Morgan fingerprint density at radius 3 is 2.22 bits per heavy atom. The number of benzene rings is 1. The van der Waals surface area contributed by atoms with Crippen molar-refractivity contribution in [3.05, 3.63) is 131 Å². The normalized spacial score (nSPS) is 14.2. The van der Waals surface area contributed by atoms with E-state index in [1.807, 2.05) is 0 Å². The van der Waals surface area contributed by atoms with Gasteiger partial charge in [-0.05, 0) is 53.6 Å². The molecule has 0 spiro atoms. The Balaban J connectivity index is 1.84. The molecule has 0 atom stereocenters. The van der Waals surface area contributed by atoms with E-state index in [0.29, 0.717) is 0 Å². The summed E-state index contributed by atoms with van der Waals surface area (Å²) in [5, 5.41) is 0. The van der Waals surface area contributed by atoms with Gasteiger partial charge in [0.05, 0.1) is 22.3 Å². The quantitative estimate of drug-likeness (QED) is 0.342. The van der Waals surface area contributed by atoms with Gasteiger partial charge in [0.25, 0.3) is 0 Å². The number of hydrogen-bond donors (Lipinski definition) is 0. The van der Waals surface area contributed by atoms with Gasteiger partial charge in [-0.2, -0.15) is 0 Å². The Labute approximate surface area is 160 Å². The van der Waals surface area contributed by atoms with Gasteiger partial charge in [0.1, 0.15) is 0 Å². The Hall–Kier alpha value is -3.51. The predicted molar refractivity (Wildman–Crippen MR) is 115 cm³/mol. The fourth-order valence-corrected chi connectivity index (χ4v) is 3.93. The fourth-order valence-electron chi connectivity index (χ4n) is 3.93. The molecule has 0 radical (unpaired) electrons. The monoisotopic (exact) mass is 343 g/mol. The highest BCUT2D eigenvalue weighted by molar-refractivity contribution is 6.09. The van der Waals surface area contributed by atoms with Gasteiger partial charge in [0, 0.05) is 29.3 Å². The molecule has 0 fully saturated rings. The number of fused-ring (bicyclic) bond motifs is 2. The second-order valence-electron chi connectivity index (χ2n) is 6.79. The third-order valence-electron chi connectivity index (χ3n) is 5.18. The van der Waals surface area contributed by atoms with E-state index in [1.54, 1.807) is 0 Å². The zero-order chi connectivity index (χ0) is 18.1. The van der Waals surface area contributed by atoms with Gasteiger partial charge in [0.2, 0.25) is 0 Å². The lowest BCUT2D eigenvalue weighted by molar-refractivity contribution is 1.58. The summed E-state index contributed by atoms with van der Waals surface area (Å²) in [6.45, 7) is 0. The topological polar surface area (TPSA) is 0 Å². The number of rotatable bonds is 2. The Morgan fingerprint density at radius 2 is 1.33 bits per heavy atom. The van der Waals surface area contributed by atoms with Crippen molar-refractivity contribution in [2.45, 2.75) is 0 Å². The summed E-state index contributed by atoms with van der Waals surface area (Å²) < 4.78 is 0. The molecule has 3 aliphatic carbocycles. The van der Waals surface area contributed by atoms with Gasteiger partial charge in [-0.3, -0.25) is 0 Å². The molecule has 0 amide bonds. The predicted octanol–water partition coefficient (Wildman–Crippen LogP) is 7.06. The first kappa shape index (κ1) is 15.7. The van der Waals surface area contributed by atoms with Gasteiger partial charge in [0.15, 0.2) is 0 Å². The molecule has 0 saturated heterocycles. The van der Waals surface area contributed by atoms with Crippen molar-refractivity contribution in [1.29, 1.82) is 0 Å². The fraction of sp³-hybridized carbons (Fsp3) is 0. The first-order chi connectivity index (χ1) is 13.4. The van der Waals surface area contributed by atoms with Crippen molar-refractivity contribution in [3.8, 4) is 11.1 Å². The van der Waals surface area contributed by atoms with Crippen LogP contribution in [0.1, 0.15) is 22.3 Å². The van der Waals surface area contributed by atoms with Crippen molar-refractivity contribution in [2.75, 3.05) is 0 Å². The molecule has 0 heterocycles. The smallest absolute Gasteiger partial charge is 0.0622 e. The van der Waals surface area contributed by atoms with E-state index >= 15 is 0 Å². The van der Waals surface area contributed by atoms with E-state index in [9.17, 15) is 0 Å². The zero-order valence-electron chi connectivity index (χ0n) is 15.0. The standard InChI is InChI=1S/C27H19/c1-6-12-22(13-7-1)27(25-18-16-20-10-4-2-8-14-23(20)25)26-19-17-21-11-5-3-9-15-24(21)26/h1-19H/q+1/b27-25+. The van der Waals surface area contributed by atoms with Crippen molar-refractivity contribution >= 4 is 17.2 Å². The minimum atomic E-state index is 1.25. The van der Waals surface area contributed by atoms with Gasteiger partial charge in [-0.25, -0.2) is 0 Å². The van der Waals surface area contributed by atoms with Crippen LogP contribution in [0.4, 0.5) is 0 Å². The van der Waals surface area contributed by atoms with E-state index in [0.717, 1.165) is 0 Å². The van der Waals surface area contributed by atoms with Crippen LogP contribution in [0.2, 0.25) is 0 Å². The lowest BCUT2D eigenvalue weighted by Crippen LogP contribution is -1.92. The van der Waals surface area contributed by atoms with E-state index in [4.69, 9.17) is 0 Å². The summed E-state index contributed by atoms with van der Waals surface area (Å²) in [5.41, 5.74) is 10.2. The average Bonchev–Trinajstić information content (AvgIpc) is 3.09.